The fourth-order valence-corrected chi connectivity index (χ4v) is 3.64. The maximum atomic E-state index is 13.4. The molecule has 1 atom stereocenters. The predicted octanol–water partition coefficient (Wildman–Crippen LogP) is 4.68. The Hall–Kier alpha value is -3.36. The molecule has 1 aliphatic heterocycles. The summed E-state index contributed by atoms with van der Waals surface area (Å²) in [6.07, 6.45) is -3.54. The van der Waals surface area contributed by atoms with Crippen LogP contribution in [0.5, 0.6) is 0 Å². The minimum absolute atomic E-state index is 0.0285. The number of likely N-dealkylation sites (tertiary alicyclic amines) is 1. The van der Waals surface area contributed by atoms with Gasteiger partial charge in [0.2, 0.25) is 5.91 Å². The lowest BCUT2D eigenvalue weighted by Crippen LogP contribution is -2.38. The minimum Gasteiger partial charge on any atom is -0.451 e. The van der Waals surface area contributed by atoms with Crippen LogP contribution in [0.4, 0.5) is 17.6 Å². The van der Waals surface area contributed by atoms with E-state index in [1.54, 1.807) is 0 Å². The van der Waals surface area contributed by atoms with E-state index >= 15 is 0 Å². The van der Waals surface area contributed by atoms with Gasteiger partial charge in [0.15, 0.2) is 5.76 Å². The van der Waals surface area contributed by atoms with Gasteiger partial charge < -0.3 is 14.6 Å². The Labute approximate surface area is 174 Å². The molecular formula is C22H18F4N2O3. The zero-order valence-corrected chi connectivity index (χ0v) is 16.2. The number of amides is 2. The molecule has 0 spiro atoms. The Kier molecular flexibility index (Phi) is 5.43. The van der Waals surface area contributed by atoms with Crippen LogP contribution in [0.15, 0.2) is 52.9 Å². The van der Waals surface area contributed by atoms with Gasteiger partial charge in [0.05, 0.1) is 11.6 Å². The molecule has 0 aliphatic carbocycles. The summed E-state index contributed by atoms with van der Waals surface area (Å²) in [5, 5.41) is 3.05. The average Bonchev–Trinajstić information content (AvgIpc) is 3.32. The van der Waals surface area contributed by atoms with Crippen LogP contribution in [-0.4, -0.2) is 29.8 Å². The number of nitrogens with one attached hydrogen (secondary N) is 1. The first-order valence-corrected chi connectivity index (χ1v) is 9.65. The highest BCUT2D eigenvalue weighted by Gasteiger charge is 2.32. The molecule has 0 radical (unpaired) electrons. The molecule has 3 aromatic rings. The van der Waals surface area contributed by atoms with Gasteiger partial charge in [0.1, 0.15) is 11.4 Å². The summed E-state index contributed by atoms with van der Waals surface area (Å²) < 4.78 is 58.4. The number of nitrogens with zero attached hydrogens (tertiary/aromatic N) is 1. The zero-order valence-electron chi connectivity index (χ0n) is 16.2. The van der Waals surface area contributed by atoms with E-state index in [2.05, 4.69) is 5.32 Å². The van der Waals surface area contributed by atoms with E-state index < -0.39 is 29.5 Å². The maximum Gasteiger partial charge on any atom is 0.416 e. The predicted molar refractivity (Wildman–Crippen MR) is 104 cm³/mol. The normalized spacial score (nSPS) is 15.5. The third kappa shape index (κ3) is 4.55. The van der Waals surface area contributed by atoms with Crippen LogP contribution in [0, 0.1) is 5.82 Å². The van der Waals surface area contributed by atoms with Gasteiger partial charge >= 0.3 is 6.18 Å². The van der Waals surface area contributed by atoms with Crippen molar-refractivity contribution in [1.29, 1.82) is 0 Å². The first kappa shape index (κ1) is 20.9. The molecule has 162 valence electrons. The van der Waals surface area contributed by atoms with Crippen molar-refractivity contribution >= 4 is 22.8 Å². The first-order chi connectivity index (χ1) is 14.7. The summed E-state index contributed by atoms with van der Waals surface area (Å²) >= 11 is 0. The van der Waals surface area contributed by atoms with Crippen molar-refractivity contribution in [2.75, 3.05) is 13.1 Å². The molecule has 1 fully saturated rings. The fraction of sp³-hybridized carbons (Fsp3) is 0.273. The lowest BCUT2D eigenvalue weighted by Gasteiger charge is -2.25. The van der Waals surface area contributed by atoms with Crippen LogP contribution < -0.4 is 5.32 Å². The fourth-order valence-electron chi connectivity index (χ4n) is 3.64. The lowest BCUT2D eigenvalue weighted by molar-refractivity contribution is -0.137. The number of hydrogen-bond acceptors (Lipinski definition) is 3. The molecule has 0 saturated carbocycles. The highest BCUT2D eigenvalue weighted by Crippen LogP contribution is 2.31. The topological polar surface area (TPSA) is 62.6 Å². The summed E-state index contributed by atoms with van der Waals surface area (Å²) in [6.45, 7) is 0.495. The first-order valence-electron chi connectivity index (χ1n) is 9.65. The van der Waals surface area contributed by atoms with Crippen molar-refractivity contribution in [3.63, 3.8) is 0 Å². The second-order valence-corrected chi connectivity index (χ2v) is 7.39. The lowest BCUT2D eigenvalue weighted by atomic mass is 10.0. The summed E-state index contributed by atoms with van der Waals surface area (Å²) in [7, 11) is 0. The Morgan fingerprint density at radius 2 is 1.97 bits per heavy atom. The Morgan fingerprint density at radius 1 is 1.16 bits per heavy atom. The van der Waals surface area contributed by atoms with Gasteiger partial charge in [-0.25, -0.2) is 4.39 Å². The van der Waals surface area contributed by atoms with Crippen LogP contribution in [-0.2, 0) is 11.0 Å². The van der Waals surface area contributed by atoms with Crippen LogP contribution in [0.2, 0.25) is 0 Å². The van der Waals surface area contributed by atoms with Crippen LogP contribution >= 0.6 is 0 Å². The maximum absolute atomic E-state index is 13.4. The van der Waals surface area contributed by atoms with Crippen molar-refractivity contribution in [2.45, 2.75) is 25.1 Å². The van der Waals surface area contributed by atoms with Crippen molar-refractivity contribution in [2.24, 2.45) is 0 Å². The Balaban J connectivity index is 1.63. The van der Waals surface area contributed by atoms with Gasteiger partial charge in [0, 0.05) is 24.9 Å². The highest BCUT2D eigenvalue weighted by atomic mass is 19.4. The molecule has 31 heavy (non-hydrogen) atoms. The Bertz CT molecular complexity index is 1140. The van der Waals surface area contributed by atoms with E-state index in [-0.39, 0.29) is 23.8 Å². The van der Waals surface area contributed by atoms with Gasteiger partial charge in [-0.2, -0.15) is 13.2 Å². The number of fused-ring (bicyclic) bond motifs is 1. The van der Waals surface area contributed by atoms with Gasteiger partial charge in [-0.3, -0.25) is 9.59 Å². The van der Waals surface area contributed by atoms with E-state index in [4.69, 9.17) is 4.42 Å². The molecule has 1 aliphatic rings. The van der Waals surface area contributed by atoms with Crippen molar-refractivity contribution in [3.8, 4) is 0 Å². The van der Waals surface area contributed by atoms with E-state index in [0.29, 0.717) is 30.4 Å². The second kappa shape index (κ2) is 8.05. The standard InChI is InChI=1S/C22H18F4N2O3/c23-16-6-7-18-14(10-16)11-19(31-18)21(30)27-17(12-28-8-2-5-20(28)29)13-3-1-4-15(9-13)22(24,25)26/h1,3-4,6-7,9-11,17H,2,5,8,12H2,(H,27,30). The largest absolute Gasteiger partial charge is 0.451 e. The molecule has 9 heteroatoms. The minimum atomic E-state index is -4.54. The van der Waals surface area contributed by atoms with E-state index in [1.807, 2.05) is 0 Å². The van der Waals surface area contributed by atoms with E-state index in [9.17, 15) is 27.2 Å². The molecule has 1 N–H and O–H groups in total. The molecule has 1 unspecified atom stereocenters. The Morgan fingerprint density at radius 3 is 2.68 bits per heavy atom. The number of alkyl halides is 3. The monoisotopic (exact) mass is 434 g/mol. The molecule has 2 aromatic carbocycles. The second-order valence-electron chi connectivity index (χ2n) is 7.39. The molecule has 0 bridgehead atoms. The number of carbonyl (C=O) groups excluding carboxylic acids is 2. The highest BCUT2D eigenvalue weighted by molar-refractivity contribution is 5.96. The van der Waals surface area contributed by atoms with Crippen molar-refractivity contribution < 1.29 is 31.6 Å². The molecule has 2 amide bonds. The number of rotatable bonds is 5. The smallest absolute Gasteiger partial charge is 0.416 e. The van der Waals surface area contributed by atoms with E-state index in [0.717, 1.165) is 12.1 Å². The number of furan rings is 1. The molecule has 1 saturated heterocycles. The average molecular weight is 434 g/mol. The van der Waals surface area contributed by atoms with Crippen LogP contribution in [0.25, 0.3) is 11.0 Å². The number of carbonyl (C=O) groups is 2. The van der Waals surface area contributed by atoms with Gasteiger partial charge in [0.25, 0.3) is 5.91 Å². The number of halogens is 4. The van der Waals surface area contributed by atoms with Crippen molar-refractivity contribution in [3.05, 3.63) is 71.2 Å². The SMILES string of the molecule is O=C(NC(CN1CCCC1=O)c1cccc(C(F)(F)F)c1)c1cc2cc(F)ccc2o1. The number of benzene rings is 2. The van der Waals surface area contributed by atoms with Crippen molar-refractivity contribution in [1.82, 2.24) is 10.2 Å². The summed E-state index contributed by atoms with van der Waals surface area (Å²) in [6, 6.07) is 8.88. The van der Waals surface area contributed by atoms with Crippen LogP contribution in [0.3, 0.4) is 0 Å². The summed E-state index contributed by atoms with van der Waals surface area (Å²) in [5.74, 6) is -1.39. The quantitative estimate of drug-likeness (QED) is 0.593. The third-order valence-corrected chi connectivity index (χ3v) is 5.20. The van der Waals surface area contributed by atoms with E-state index in [1.165, 1.54) is 41.3 Å². The third-order valence-electron chi connectivity index (χ3n) is 5.20. The van der Waals surface area contributed by atoms with Crippen LogP contribution in [0.1, 0.15) is 40.6 Å². The van der Waals surface area contributed by atoms with Gasteiger partial charge in [-0.1, -0.05) is 12.1 Å². The molecule has 5 nitrogen and oxygen atoms in total. The molecule has 4 rings (SSSR count). The van der Waals surface area contributed by atoms with Gasteiger partial charge in [-0.15, -0.1) is 0 Å². The number of hydrogen-bond donors (Lipinski definition) is 1. The van der Waals surface area contributed by atoms with Gasteiger partial charge in [-0.05, 0) is 48.4 Å². The molecule has 1 aromatic heterocycles. The zero-order chi connectivity index (χ0) is 22.2. The summed E-state index contributed by atoms with van der Waals surface area (Å²) in [4.78, 5) is 26.4. The summed E-state index contributed by atoms with van der Waals surface area (Å²) in [5.41, 5.74) is -0.335. The molecular weight excluding hydrogens is 416 g/mol. The molecule has 2 heterocycles.